The lowest BCUT2D eigenvalue weighted by atomic mass is 9.99. The number of nitrogens with two attached hydrogens (primary N) is 1. The number of nitrogens with zero attached hydrogens (tertiary/aromatic N) is 1. The summed E-state index contributed by atoms with van der Waals surface area (Å²) in [7, 11) is 1.53. The highest BCUT2D eigenvalue weighted by molar-refractivity contribution is 5.79. The average Bonchev–Trinajstić information content (AvgIpc) is 2.69. The Bertz CT molecular complexity index is 579. The summed E-state index contributed by atoms with van der Waals surface area (Å²) in [6.45, 7) is 4.13. The van der Waals surface area contributed by atoms with Gasteiger partial charge in [-0.05, 0) is 30.5 Å². The summed E-state index contributed by atoms with van der Waals surface area (Å²) in [5, 5.41) is 3.96. The van der Waals surface area contributed by atoms with E-state index in [1.807, 2.05) is 0 Å². The summed E-state index contributed by atoms with van der Waals surface area (Å²) >= 11 is 0. The Labute approximate surface area is 111 Å². The standard InChI is InChI=1S/C14H17FN2O2/c1-8(2)6-11-13(14(16)19-17-11)10-7-9(15)4-5-12(10)18-3/h4-5,7-8H,6,16H2,1-3H3. The number of hydrogen-bond donors (Lipinski definition) is 1. The molecule has 0 radical (unpaired) electrons. The Morgan fingerprint density at radius 3 is 2.79 bits per heavy atom. The minimum Gasteiger partial charge on any atom is -0.496 e. The minimum absolute atomic E-state index is 0.180. The third kappa shape index (κ3) is 2.70. The van der Waals surface area contributed by atoms with Crippen LogP contribution in [0.2, 0.25) is 0 Å². The van der Waals surface area contributed by atoms with Crippen LogP contribution in [0.3, 0.4) is 0 Å². The van der Waals surface area contributed by atoms with Crippen LogP contribution in [0.15, 0.2) is 22.7 Å². The highest BCUT2D eigenvalue weighted by Gasteiger charge is 2.20. The normalized spacial score (nSPS) is 11.0. The molecular weight excluding hydrogens is 247 g/mol. The number of anilines is 1. The summed E-state index contributed by atoms with van der Waals surface area (Å²) in [5.41, 5.74) is 7.72. The van der Waals surface area contributed by atoms with E-state index in [0.717, 1.165) is 5.69 Å². The summed E-state index contributed by atoms with van der Waals surface area (Å²) in [4.78, 5) is 0. The van der Waals surface area contributed by atoms with Crippen LogP contribution in [0, 0.1) is 11.7 Å². The Kier molecular flexibility index (Phi) is 3.74. The van der Waals surface area contributed by atoms with Crippen molar-refractivity contribution in [2.75, 3.05) is 12.8 Å². The number of methoxy groups -OCH3 is 1. The quantitative estimate of drug-likeness (QED) is 0.920. The zero-order chi connectivity index (χ0) is 14.0. The van der Waals surface area contributed by atoms with Crippen LogP contribution in [-0.4, -0.2) is 12.3 Å². The molecule has 0 atom stereocenters. The number of rotatable bonds is 4. The molecule has 0 spiro atoms. The lowest BCUT2D eigenvalue weighted by Crippen LogP contribution is -1.99. The lowest BCUT2D eigenvalue weighted by Gasteiger charge is -2.09. The zero-order valence-electron chi connectivity index (χ0n) is 11.2. The van der Waals surface area contributed by atoms with Crippen molar-refractivity contribution in [3.63, 3.8) is 0 Å². The predicted molar refractivity (Wildman–Crippen MR) is 71.4 cm³/mol. The van der Waals surface area contributed by atoms with Crippen molar-refractivity contribution in [2.45, 2.75) is 20.3 Å². The third-order valence-corrected chi connectivity index (χ3v) is 2.82. The molecule has 102 valence electrons. The van der Waals surface area contributed by atoms with Crippen LogP contribution in [0.5, 0.6) is 5.75 Å². The fourth-order valence-electron chi connectivity index (χ4n) is 2.03. The van der Waals surface area contributed by atoms with Crippen LogP contribution >= 0.6 is 0 Å². The van der Waals surface area contributed by atoms with Crippen LogP contribution in [-0.2, 0) is 6.42 Å². The van der Waals surface area contributed by atoms with Gasteiger partial charge in [-0.2, -0.15) is 0 Å². The third-order valence-electron chi connectivity index (χ3n) is 2.82. The fourth-order valence-corrected chi connectivity index (χ4v) is 2.03. The second-order valence-electron chi connectivity index (χ2n) is 4.81. The van der Waals surface area contributed by atoms with E-state index in [9.17, 15) is 4.39 Å². The average molecular weight is 264 g/mol. The molecule has 2 rings (SSSR count). The van der Waals surface area contributed by atoms with Crippen molar-refractivity contribution in [3.05, 3.63) is 29.7 Å². The van der Waals surface area contributed by atoms with E-state index >= 15 is 0 Å². The van der Waals surface area contributed by atoms with Gasteiger partial charge in [0, 0.05) is 5.56 Å². The molecule has 19 heavy (non-hydrogen) atoms. The predicted octanol–water partition coefficient (Wildman–Crippen LogP) is 3.27. The molecule has 0 amide bonds. The monoisotopic (exact) mass is 264 g/mol. The number of ether oxygens (including phenoxy) is 1. The highest BCUT2D eigenvalue weighted by Crippen LogP contribution is 2.37. The van der Waals surface area contributed by atoms with E-state index in [-0.39, 0.29) is 11.7 Å². The molecule has 5 heteroatoms. The van der Waals surface area contributed by atoms with Gasteiger partial charge < -0.3 is 15.0 Å². The van der Waals surface area contributed by atoms with Gasteiger partial charge in [0.2, 0.25) is 5.88 Å². The van der Waals surface area contributed by atoms with E-state index in [1.54, 1.807) is 6.07 Å². The van der Waals surface area contributed by atoms with Gasteiger partial charge in [-0.15, -0.1) is 0 Å². The first-order valence-electron chi connectivity index (χ1n) is 6.10. The second-order valence-corrected chi connectivity index (χ2v) is 4.81. The van der Waals surface area contributed by atoms with E-state index in [4.69, 9.17) is 15.0 Å². The Morgan fingerprint density at radius 2 is 2.16 bits per heavy atom. The smallest absolute Gasteiger partial charge is 0.230 e. The van der Waals surface area contributed by atoms with Crippen molar-refractivity contribution in [1.82, 2.24) is 5.16 Å². The number of hydrogen-bond acceptors (Lipinski definition) is 4. The number of nitrogen functional groups attached to an aromatic ring is 1. The van der Waals surface area contributed by atoms with Gasteiger partial charge >= 0.3 is 0 Å². The molecule has 2 N–H and O–H groups in total. The summed E-state index contributed by atoms with van der Waals surface area (Å²) in [6.07, 6.45) is 0.704. The molecule has 1 aromatic heterocycles. The maximum atomic E-state index is 13.5. The molecule has 0 unspecified atom stereocenters. The van der Waals surface area contributed by atoms with Gasteiger partial charge in [-0.1, -0.05) is 19.0 Å². The van der Waals surface area contributed by atoms with Crippen molar-refractivity contribution >= 4 is 5.88 Å². The molecule has 2 aromatic rings. The first-order chi connectivity index (χ1) is 9.02. The van der Waals surface area contributed by atoms with Gasteiger partial charge in [0.1, 0.15) is 11.6 Å². The molecule has 4 nitrogen and oxygen atoms in total. The first-order valence-corrected chi connectivity index (χ1v) is 6.10. The topological polar surface area (TPSA) is 61.3 Å². The van der Waals surface area contributed by atoms with Crippen molar-refractivity contribution in [3.8, 4) is 16.9 Å². The zero-order valence-corrected chi connectivity index (χ0v) is 11.2. The fraction of sp³-hybridized carbons (Fsp3) is 0.357. The minimum atomic E-state index is -0.355. The molecule has 1 heterocycles. The van der Waals surface area contributed by atoms with Crippen LogP contribution in [0.1, 0.15) is 19.5 Å². The number of aromatic nitrogens is 1. The van der Waals surface area contributed by atoms with E-state index < -0.39 is 0 Å². The van der Waals surface area contributed by atoms with E-state index in [2.05, 4.69) is 19.0 Å². The Morgan fingerprint density at radius 1 is 1.42 bits per heavy atom. The van der Waals surface area contributed by atoms with E-state index in [1.165, 1.54) is 19.2 Å². The molecule has 0 aliphatic carbocycles. The molecule has 1 aromatic carbocycles. The summed E-state index contributed by atoms with van der Waals surface area (Å²) in [5.74, 6) is 0.760. The molecule has 0 saturated carbocycles. The van der Waals surface area contributed by atoms with Crippen molar-refractivity contribution < 1.29 is 13.7 Å². The molecular formula is C14H17FN2O2. The maximum Gasteiger partial charge on any atom is 0.230 e. The van der Waals surface area contributed by atoms with Gasteiger partial charge in [0.25, 0.3) is 0 Å². The summed E-state index contributed by atoms with van der Waals surface area (Å²) in [6, 6.07) is 4.29. The van der Waals surface area contributed by atoms with Crippen LogP contribution in [0.25, 0.3) is 11.1 Å². The van der Waals surface area contributed by atoms with Gasteiger partial charge in [0.05, 0.1) is 18.4 Å². The van der Waals surface area contributed by atoms with Gasteiger partial charge in [0.15, 0.2) is 0 Å². The highest BCUT2D eigenvalue weighted by atomic mass is 19.1. The molecule has 0 saturated heterocycles. The maximum absolute atomic E-state index is 13.5. The van der Waals surface area contributed by atoms with Crippen molar-refractivity contribution in [1.29, 1.82) is 0 Å². The lowest BCUT2D eigenvalue weighted by molar-refractivity contribution is 0.415. The molecule has 0 bridgehead atoms. The number of benzene rings is 1. The first kappa shape index (κ1) is 13.4. The molecule has 0 fully saturated rings. The molecule has 0 aliphatic heterocycles. The second kappa shape index (κ2) is 5.30. The van der Waals surface area contributed by atoms with E-state index in [0.29, 0.717) is 29.2 Å². The Hall–Kier alpha value is -2.04. The van der Waals surface area contributed by atoms with Crippen LogP contribution in [0.4, 0.5) is 10.3 Å². The SMILES string of the molecule is COc1ccc(F)cc1-c1c(CC(C)C)noc1N. The van der Waals surface area contributed by atoms with Gasteiger partial charge in [-0.25, -0.2) is 4.39 Å². The number of halogens is 1. The largest absolute Gasteiger partial charge is 0.496 e. The van der Waals surface area contributed by atoms with Gasteiger partial charge in [-0.3, -0.25) is 0 Å². The summed E-state index contributed by atoms with van der Waals surface area (Å²) < 4.78 is 23.7. The van der Waals surface area contributed by atoms with Crippen LogP contribution < -0.4 is 10.5 Å². The molecule has 0 aliphatic rings. The Balaban J connectivity index is 2.57. The van der Waals surface area contributed by atoms with Crippen molar-refractivity contribution in [2.24, 2.45) is 5.92 Å².